The Morgan fingerprint density at radius 2 is 1.73 bits per heavy atom. The molecule has 0 radical (unpaired) electrons. The van der Waals surface area contributed by atoms with Crippen molar-refractivity contribution in [3.8, 4) is 0 Å². The van der Waals surface area contributed by atoms with Crippen LogP contribution in [0.15, 0.2) is 60.7 Å². The van der Waals surface area contributed by atoms with E-state index in [0.717, 1.165) is 14.8 Å². The SMILES string of the molecule is CC(C)(C)c1cc(NC(=O)c2ccccc2I)n(Cc2ccccc2)n1. The van der Waals surface area contributed by atoms with Gasteiger partial charge in [0.25, 0.3) is 5.91 Å². The fourth-order valence-electron chi connectivity index (χ4n) is 2.59. The van der Waals surface area contributed by atoms with Crippen LogP contribution < -0.4 is 5.32 Å². The van der Waals surface area contributed by atoms with Gasteiger partial charge in [0.15, 0.2) is 0 Å². The maximum atomic E-state index is 12.7. The number of hydrogen-bond acceptors (Lipinski definition) is 2. The molecule has 0 saturated heterocycles. The van der Waals surface area contributed by atoms with Crippen molar-refractivity contribution in [3.63, 3.8) is 0 Å². The lowest BCUT2D eigenvalue weighted by Crippen LogP contribution is -2.17. The van der Waals surface area contributed by atoms with Gasteiger partial charge < -0.3 is 5.32 Å². The molecule has 1 amide bonds. The van der Waals surface area contributed by atoms with Gasteiger partial charge in [-0.3, -0.25) is 4.79 Å². The second-order valence-electron chi connectivity index (χ2n) is 7.24. The summed E-state index contributed by atoms with van der Waals surface area (Å²) >= 11 is 2.18. The number of anilines is 1. The fraction of sp³-hybridized carbons (Fsp3) is 0.238. The molecule has 3 aromatic rings. The third-order valence-electron chi connectivity index (χ3n) is 4.08. The first-order chi connectivity index (χ1) is 12.3. The Morgan fingerprint density at radius 1 is 1.08 bits per heavy atom. The maximum absolute atomic E-state index is 12.7. The van der Waals surface area contributed by atoms with Crippen molar-refractivity contribution in [2.24, 2.45) is 0 Å². The molecule has 4 nitrogen and oxygen atoms in total. The van der Waals surface area contributed by atoms with E-state index in [4.69, 9.17) is 5.10 Å². The largest absolute Gasteiger partial charge is 0.307 e. The molecule has 0 unspecified atom stereocenters. The maximum Gasteiger partial charge on any atom is 0.257 e. The highest BCUT2D eigenvalue weighted by atomic mass is 127. The minimum Gasteiger partial charge on any atom is -0.307 e. The van der Waals surface area contributed by atoms with Crippen molar-refractivity contribution in [1.29, 1.82) is 0 Å². The summed E-state index contributed by atoms with van der Waals surface area (Å²) in [5.41, 5.74) is 2.66. The first kappa shape index (κ1) is 18.6. The average Bonchev–Trinajstić information content (AvgIpc) is 2.99. The van der Waals surface area contributed by atoms with Gasteiger partial charge in [0.05, 0.1) is 17.8 Å². The first-order valence-electron chi connectivity index (χ1n) is 8.53. The smallest absolute Gasteiger partial charge is 0.257 e. The molecule has 0 aliphatic heterocycles. The van der Waals surface area contributed by atoms with Gasteiger partial charge in [-0.25, -0.2) is 4.68 Å². The van der Waals surface area contributed by atoms with E-state index in [2.05, 4.69) is 60.8 Å². The molecule has 134 valence electrons. The van der Waals surface area contributed by atoms with Crippen LogP contribution in [0.4, 0.5) is 5.82 Å². The molecule has 1 heterocycles. The molecular formula is C21H22IN3O. The summed E-state index contributed by atoms with van der Waals surface area (Å²) < 4.78 is 2.79. The van der Waals surface area contributed by atoms with Crippen LogP contribution in [0.3, 0.4) is 0 Å². The van der Waals surface area contributed by atoms with Crippen molar-refractivity contribution in [1.82, 2.24) is 9.78 Å². The standard InChI is InChI=1S/C21H22IN3O/c1-21(2,3)18-13-19(23-20(26)16-11-7-8-12-17(16)22)25(24-18)14-15-9-5-4-6-10-15/h4-13H,14H2,1-3H3,(H,23,26). The molecule has 3 rings (SSSR count). The van der Waals surface area contributed by atoms with Crippen LogP contribution in [0.1, 0.15) is 42.4 Å². The molecule has 26 heavy (non-hydrogen) atoms. The van der Waals surface area contributed by atoms with E-state index in [9.17, 15) is 4.79 Å². The zero-order chi connectivity index (χ0) is 18.7. The Labute approximate surface area is 167 Å². The molecule has 1 aromatic heterocycles. The molecule has 5 heteroatoms. The van der Waals surface area contributed by atoms with Crippen molar-refractivity contribution < 1.29 is 4.79 Å². The molecule has 1 N–H and O–H groups in total. The van der Waals surface area contributed by atoms with E-state index < -0.39 is 0 Å². The van der Waals surface area contributed by atoms with Crippen molar-refractivity contribution >= 4 is 34.3 Å². The molecule has 2 aromatic carbocycles. The Morgan fingerprint density at radius 3 is 2.38 bits per heavy atom. The van der Waals surface area contributed by atoms with Gasteiger partial charge in [-0.05, 0) is 40.3 Å². The number of nitrogens with one attached hydrogen (secondary N) is 1. The zero-order valence-electron chi connectivity index (χ0n) is 15.2. The monoisotopic (exact) mass is 459 g/mol. The molecule has 0 spiro atoms. The Balaban J connectivity index is 1.93. The lowest BCUT2D eigenvalue weighted by molar-refractivity contribution is 0.102. The summed E-state index contributed by atoms with van der Waals surface area (Å²) in [6.07, 6.45) is 0. The normalized spacial score (nSPS) is 11.4. The van der Waals surface area contributed by atoms with Crippen LogP contribution in [-0.2, 0) is 12.0 Å². The van der Waals surface area contributed by atoms with E-state index in [1.54, 1.807) is 0 Å². The summed E-state index contributed by atoms with van der Waals surface area (Å²) in [6.45, 7) is 6.97. The van der Waals surface area contributed by atoms with Gasteiger partial charge in [-0.1, -0.05) is 63.2 Å². The number of benzene rings is 2. The van der Waals surface area contributed by atoms with Crippen LogP contribution in [0, 0.1) is 3.57 Å². The number of rotatable bonds is 4. The van der Waals surface area contributed by atoms with Gasteiger partial charge in [0.2, 0.25) is 0 Å². The highest BCUT2D eigenvalue weighted by molar-refractivity contribution is 14.1. The number of carbonyl (C=O) groups excluding carboxylic acids is 1. The average molecular weight is 459 g/mol. The van der Waals surface area contributed by atoms with Crippen LogP contribution in [0.5, 0.6) is 0 Å². The highest BCUT2D eigenvalue weighted by Gasteiger charge is 2.21. The van der Waals surface area contributed by atoms with Crippen molar-refractivity contribution in [3.05, 3.63) is 81.1 Å². The quantitative estimate of drug-likeness (QED) is 0.553. The lowest BCUT2D eigenvalue weighted by atomic mass is 9.92. The van der Waals surface area contributed by atoms with Crippen molar-refractivity contribution in [2.75, 3.05) is 5.32 Å². The first-order valence-corrected chi connectivity index (χ1v) is 9.60. The van der Waals surface area contributed by atoms with E-state index in [0.29, 0.717) is 17.9 Å². The van der Waals surface area contributed by atoms with Crippen LogP contribution in [0.2, 0.25) is 0 Å². The minimum atomic E-state index is -0.121. The Hall–Kier alpha value is -2.15. The van der Waals surface area contributed by atoms with E-state index in [1.165, 1.54) is 0 Å². The second kappa shape index (κ2) is 7.61. The Bertz CT molecular complexity index is 911. The lowest BCUT2D eigenvalue weighted by Gasteiger charge is -2.14. The number of amides is 1. The molecule has 0 saturated carbocycles. The third kappa shape index (κ3) is 4.33. The van der Waals surface area contributed by atoms with Gasteiger partial charge >= 0.3 is 0 Å². The molecule has 0 aliphatic rings. The molecule has 0 fully saturated rings. The topological polar surface area (TPSA) is 46.9 Å². The van der Waals surface area contributed by atoms with Gasteiger partial charge in [0, 0.05) is 15.1 Å². The van der Waals surface area contributed by atoms with Crippen molar-refractivity contribution in [2.45, 2.75) is 32.7 Å². The highest BCUT2D eigenvalue weighted by Crippen LogP contribution is 2.25. The molecule has 0 aliphatic carbocycles. The number of aromatic nitrogens is 2. The zero-order valence-corrected chi connectivity index (χ0v) is 17.3. The number of halogens is 1. The van der Waals surface area contributed by atoms with E-state index in [-0.39, 0.29) is 11.3 Å². The summed E-state index contributed by atoms with van der Waals surface area (Å²) in [7, 11) is 0. The number of nitrogens with zero attached hydrogens (tertiary/aromatic N) is 2. The summed E-state index contributed by atoms with van der Waals surface area (Å²) in [6, 6.07) is 19.7. The van der Waals surface area contributed by atoms with Gasteiger partial charge in [0.1, 0.15) is 5.82 Å². The second-order valence-corrected chi connectivity index (χ2v) is 8.40. The van der Waals surface area contributed by atoms with Gasteiger partial charge in [-0.15, -0.1) is 0 Å². The summed E-state index contributed by atoms with van der Waals surface area (Å²) in [5.74, 6) is 0.591. The number of carbonyl (C=O) groups is 1. The van der Waals surface area contributed by atoms with E-state index in [1.807, 2.05) is 53.2 Å². The fourth-order valence-corrected chi connectivity index (χ4v) is 3.22. The van der Waals surface area contributed by atoms with Crippen LogP contribution in [-0.4, -0.2) is 15.7 Å². The summed E-state index contributed by atoms with van der Waals surface area (Å²) in [5, 5.41) is 7.78. The van der Waals surface area contributed by atoms with Gasteiger partial charge in [-0.2, -0.15) is 5.10 Å². The molecule has 0 bridgehead atoms. The summed E-state index contributed by atoms with van der Waals surface area (Å²) in [4.78, 5) is 12.7. The van der Waals surface area contributed by atoms with Crippen LogP contribution in [0.25, 0.3) is 0 Å². The molecular weight excluding hydrogens is 437 g/mol. The molecule has 0 atom stereocenters. The third-order valence-corrected chi connectivity index (χ3v) is 5.02. The predicted molar refractivity (Wildman–Crippen MR) is 114 cm³/mol. The van der Waals surface area contributed by atoms with E-state index >= 15 is 0 Å². The minimum absolute atomic E-state index is 0.0947. The Kier molecular flexibility index (Phi) is 5.46. The van der Waals surface area contributed by atoms with Crippen LogP contribution >= 0.6 is 22.6 Å². The predicted octanol–water partition coefficient (Wildman–Crippen LogP) is 5.09. The number of hydrogen-bond donors (Lipinski definition) is 1.